The average molecular weight is 546 g/mol. The molecular formula is C29H27N3O4S2. The van der Waals surface area contributed by atoms with Crippen molar-refractivity contribution in [2.75, 3.05) is 11.1 Å². The van der Waals surface area contributed by atoms with Gasteiger partial charge in [0.2, 0.25) is 9.84 Å². The van der Waals surface area contributed by atoms with Gasteiger partial charge in [-0.3, -0.25) is 4.79 Å². The minimum atomic E-state index is -4.09. The summed E-state index contributed by atoms with van der Waals surface area (Å²) < 4.78 is 28.3. The Labute approximate surface area is 227 Å². The van der Waals surface area contributed by atoms with E-state index in [9.17, 15) is 18.3 Å². The first-order chi connectivity index (χ1) is 18.3. The van der Waals surface area contributed by atoms with E-state index in [0.29, 0.717) is 34.6 Å². The van der Waals surface area contributed by atoms with Crippen LogP contribution >= 0.6 is 12.2 Å². The van der Waals surface area contributed by atoms with Crippen LogP contribution in [0, 0.1) is 0 Å². The summed E-state index contributed by atoms with van der Waals surface area (Å²) in [6, 6.07) is 28.0. The number of para-hydroxylation sites is 2. The third-order valence-electron chi connectivity index (χ3n) is 5.96. The Morgan fingerprint density at radius 3 is 2.24 bits per heavy atom. The highest BCUT2D eigenvalue weighted by atomic mass is 32.2. The first-order valence-electron chi connectivity index (χ1n) is 11.9. The standard InChI is InChI=1S/C29H27N3O4S2/c30-23-13-5-4-12-22(23)28-21(17-18-27(33)34)11-8-16-26(28)38(35,36)25-15-7-6-14-24(25)32-29(37)31-19-20-9-2-1-3-10-20/h1-16H,17-19,30H2,(H,33,34)(H2,31,32,37). The third kappa shape index (κ3) is 6.19. The summed E-state index contributed by atoms with van der Waals surface area (Å²) in [4.78, 5) is 11.4. The molecule has 0 aromatic heterocycles. The van der Waals surface area contributed by atoms with E-state index in [1.54, 1.807) is 54.6 Å². The Morgan fingerprint density at radius 1 is 0.842 bits per heavy atom. The number of nitrogens with one attached hydrogen (secondary N) is 2. The van der Waals surface area contributed by atoms with Crippen LogP contribution in [0.3, 0.4) is 0 Å². The molecule has 5 N–H and O–H groups in total. The van der Waals surface area contributed by atoms with Gasteiger partial charge in [-0.05, 0) is 54.0 Å². The fraction of sp³-hybridized carbons (Fsp3) is 0.103. The van der Waals surface area contributed by atoms with Gasteiger partial charge in [0.1, 0.15) is 0 Å². The van der Waals surface area contributed by atoms with Gasteiger partial charge in [0, 0.05) is 29.8 Å². The highest BCUT2D eigenvalue weighted by Gasteiger charge is 2.27. The monoisotopic (exact) mass is 545 g/mol. The van der Waals surface area contributed by atoms with E-state index in [0.717, 1.165) is 5.56 Å². The van der Waals surface area contributed by atoms with Crippen LogP contribution in [0.1, 0.15) is 17.5 Å². The number of carboxylic acid groups (broad SMARTS) is 1. The summed E-state index contributed by atoms with van der Waals surface area (Å²) in [6.07, 6.45) is -0.00150. The molecule has 9 heteroatoms. The van der Waals surface area contributed by atoms with Crippen molar-refractivity contribution in [1.82, 2.24) is 5.32 Å². The molecule has 7 nitrogen and oxygen atoms in total. The van der Waals surface area contributed by atoms with Crippen molar-refractivity contribution in [2.24, 2.45) is 0 Å². The molecular weight excluding hydrogens is 518 g/mol. The molecule has 4 rings (SSSR count). The number of rotatable bonds is 9. The quantitative estimate of drug-likeness (QED) is 0.166. The third-order valence-corrected chi connectivity index (χ3v) is 8.06. The van der Waals surface area contributed by atoms with Crippen molar-refractivity contribution < 1.29 is 18.3 Å². The van der Waals surface area contributed by atoms with Crippen LogP contribution in [0.5, 0.6) is 0 Å². The second-order valence-electron chi connectivity index (χ2n) is 8.56. The normalized spacial score (nSPS) is 11.1. The Balaban J connectivity index is 1.74. The lowest BCUT2D eigenvalue weighted by atomic mass is 9.95. The van der Waals surface area contributed by atoms with E-state index in [1.807, 2.05) is 30.3 Å². The Morgan fingerprint density at radius 2 is 1.50 bits per heavy atom. The molecule has 38 heavy (non-hydrogen) atoms. The molecule has 0 aliphatic carbocycles. The molecule has 4 aromatic carbocycles. The maximum Gasteiger partial charge on any atom is 0.303 e. The molecule has 0 heterocycles. The first kappa shape index (κ1) is 26.8. The summed E-state index contributed by atoms with van der Waals surface area (Å²) in [6.45, 7) is 0.477. The SMILES string of the molecule is Nc1ccccc1-c1c(CCC(=O)O)cccc1S(=O)(=O)c1ccccc1NC(=S)NCc1ccccc1. The lowest BCUT2D eigenvalue weighted by molar-refractivity contribution is -0.136. The van der Waals surface area contributed by atoms with Gasteiger partial charge in [0.15, 0.2) is 5.11 Å². The Bertz CT molecular complexity index is 1570. The summed E-state index contributed by atoms with van der Waals surface area (Å²) in [5.74, 6) is -0.976. The van der Waals surface area contributed by atoms with Crippen molar-refractivity contribution in [3.05, 3.63) is 108 Å². The summed E-state index contributed by atoms with van der Waals surface area (Å²) in [5.41, 5.74) is 9.50. The van der Waals surface area contributed by atoms with Gasteiger partial charge in [0.25, 0.3) is 0 Å². The van der Waals surface area contributed by atoms with Crippen LogP contribution in [0.2, 0.25) is 0 Å². The molecule has 0 amide bonds. The molecule has 0 bridgehead atoms. The highest BCUT2D eigenvalue weighted by Crippen LogP contribution is 2.39. The van der Waals surface area contributed by atoms with Crippen molar-refractivity contribution in [3.8, 4) is 11.1 Å². The predicted octanol–water partition coefficient (Wildman–Crippen LogP) is 5.27. The number of anilines is 2. The number of carboxylic acids is 1. The van der Waals surface area contributed by atoms with Crippen LogP contribution in [0.15, 0.2) is 107 Å². The molecule has 4 aromatic rings. The van der Waals surface area contributed by atoms with Crippen LogP contribution < -0.4 is 16.4 Å². The number of nitrogens with two attached hydrogens (primary N) is 1. The largest absolute Gasteiger partial charge is 0.481 e. The molecule has 0 fully saturated rings. The summed E-state index contributed by atoms with van der Waals surface area (Å²) in [5, 5.41) is 15.7. The minimum Gasteiger partial charge on any atom is -0.481 e. The summed E-state index contributed by atoms with van der Waals surface area (Å²) in [7, 11) is -4.09. The zero-order valence-corrected chi connectivity index (χ0v) is 22.1. The molecule has 194 valence electrons. The molecule has 0 atom stereocenters. The van der Waals surface area contributed by atoms with E-state index >= 15 is 0 Å². The molecule has 0 unspecified atom stereocenters. The number of hydrogen-bond acceptors (Lipinski definition) is 5. The van der Waals surface area contributed by atoms with E-state index in [2.05, 4.69) is 10.6 Å². The van der Waals surface area contributed by atoms with Crippen molar-refractivity contribution in [1.29, 1.82) is 0 Å². The number of aryl methyl sites for hydroxylation is 1. The molecule has 0 aliphatic heterocycles. The van der Waals surface area contributed by atoms with Gasteiger partial charge in [-0.1, -0.05) is 72.8 Å². The second-order valence-corrected chi connectivity index (χ2v) is 10.9. The lowest BCUT2D eigenvalue weighted by Gasteiger charge is -2.19. The number of aliphatic carboxylic acids is 1. The summed E-state index contributed by atoms with van der Waals surface area (Å²) >= 11 is 5.44. The van der Waals surface area contributed by atoms with Crippen LogP contribution in [-0.4, -0.2) is 24.6 Å². The van der Waals surface area contributed by atoms with Crippen LogP contribution in [-0.2, 0) is 27.6 Å². The van der Waals surface area contributed by atoms with Gasteiger partial charge in [-0.15, -0.1) is 0 Å². The fourth-order valence-electron chi connectivity index (χ4n) is 4.15. The van der Waals surface area contributed by atoms with E-state index in [1.165, 1.54) is 12.1 Å². The van der Waals surface area contributed by atoms with Gasteiger partial charge >= 0.3 is 5.97 Å². The molecule has 0 aliphatic rings. The van der Waals surface area contributed by atoms with Crippen molar-refractivity contribution in [3.63, 3.8) is 0 Å². The first-order valence-corrected chi connectivity index (χ1v) is 13.8. The Hall–Kier alpha value is -4.21. The number of sulfone groups is 1. The molecule has 0 spiro atoms. The molecule has 0 saturated carbocycles. The number of benzene rings is 4. The van der Waals surface area contributed by atoms with Crippen molar-refractivity contribution >= 4 is 44.5 Å². The minimum absolute atomic E-state index is 0.0370. The average Bonchev–Trinajstić information content (AvgIpc) is 2.91. The lowest BCUT2D eigenvalue weighted by Crippen LogP contribution is -2.28. The van der Waals surface area contributed by atoms with E-state index in [4.69, 9.17) is 18.0 Å². The maximum atomic E-state index is 14.2. The highest BCUT2D eigenvalue weighted by molar-refractivity contribution is 7.91. The topological polar surface area (TPSA) is 122 Å². The smallest absolute Gasteiger partial charge is 0.303 e. The maximum absolute atomic E-state index is 14.2. The zero-order chi connectivity index (χ0) is 27.1. The second kappa shape index (κ2) is 11.9. The van der Waals surface area contributed by atoms with Crippen LogP contribution in [0.25, 0.3) is 11.1 Å². The van der Waals surface area contributed by atoms with E-state index in [-0.39, 0.29) is 27.7 Å². The Kier molecular flexibility index (Phi) is 8.40. The van der Waals surface area contributed by atoms with Crippen molar-refractivity contribution in [2.45, 2.75) is 29.2 Å². The number of nitrogen functional groups attached to an aromatic ring is 1. The fourth-order valence-corrected chi connectivity index (χ4v) is 6.00. The number of hydrogen-bond donors (Lipinski definition) is 4. The van der Waals surface area contributed by atoms with Crippen LogP contribution in [0.4, 0.5) is 11.4 Å². The zero-order valence-electron chi connectivity index (χ0n) is 20.4. The van der Waals surface area contributed by atoms with Gasteiger partial charge in [-0.2, -0.15) is 0 Å². The molecule has 0 saturated heterocycles. The predicted molar refractivity (Wildman–Crippen MR) is 154 cm³/mol. The van der Waals surface area contributed by atoms with Gasteiger partial charge < -0.3 is 21.5 Å². The van der Waals surface area contributed by atoms with Gasteiger partial charge in [-0.25, -0.2) is 8.42 Å². The van der Waals surface area contributed by atoms with E-state index < -0.39 is 15.8 Å². The number of thiocarbonyl (C=S) groups is 1. The molecule has 0 radical (unpaired) electrons. The van der Waals surface area contributed by atoms with Gasteiger partial charge in [0.05, 0.1) is 15.5 Å². The number of carbonyl (C=O) groups is 1.